The van der Waals surface area contributed by atoms with E-state index in [0.717, 1.165) is 57.4 Å². The minimum absolute atomic E-state index is 0.0213. The zero-order valence-corrected chi connectivity index (χ0v) is 15.1. The van der Waals surface area contributed by atoms with Crippen LogP contribution in [0.1, 0.15) is 38.5 Å². The number of carbonyl (C=O) groups excluding carboxylic acids is 2. The number of ether oxygens (including phenoxy) is 1. The molecule has 0 radical (unpaired) electrons. The van der Waals surface area contributed by atoms with Crippen molar-refractivity contribution in [3.8, 4) is 0 Å². The molecule has 2 aliphatic rings. The minimum atomic E-state index is -0.141. The van der Waals surface area contributed by atoms with Crippen LogP contribution in [0.15, 0.2) is 12.3 Å². The first-order valence-corrected chi connectivity index (χ1v) is 9.19. The highest BCUT2D eigenvalue weighted by atomic mass is 16.5. The molecule has 7 heteroatoms. The summed E-state index contributed by atoms with van der Waals surface area (Å²) in [4.78, 5) is 26.5. The predicted molar refractivity (Wildman–Crippen MR) is 94.0 cm³/mol. The van der Waals surface area contributed by atoms with E-state index in [1.807, 2.05) is 17.8 Å². The first-order chi connectivity index (χ1) is 12.1. The molecule has 1 saturated carbocycles. The Hall–Kier alpha value is -2.05. The second-order valence-corrected chi connectivity index (χ2v) is 7.18. The van der Waals surface area contributed by atoms with Crippen molar-refractivity contribution in [2.45, 2.75) is 44.6 Å². The number of aryl methyl sites for hydroxylation is 1. The first kappa shape index (κ1) is 17.8. The number of amides is 1. The monoisotopic (exact) mass is 348 g/mol. The molecular weight excluding hydrogens is 320 g/mol. The Labute approximate surface area is 148 Å². The second kappa shape index (κ2) is 7.89. The Morgan fingerprint density at radius 2 is 1.92 bits per heavy atom. The summed E-state index contributed by atoms with van der Waals surface area (Å²) in [7, 11) is 3.37. The molecule has 1 N–H and O–H groups in total. The lowest BCUT2D eigenvalue weighted by molar-refractivity contribution is -0.147. The largest absolute Gasteiger partial charge is 0.469 e. The smallest absolute Gasteiger partial charge is 0.308 e. The number of nitrogens with one attached hydrogen (secondary N) is 1. The molecule has 0 aromatic carbocycles. The summed E-state index contributed by atoms with van der Waals surface area (Å²) in [5, 5.41) is 7.46. The fourth-order valence-corrected chi connectivity index (χ4v) is 4.06. The summed E-state index contributed by atoms with van der Waals surface area (Å²) >= 11 is 0. The molecule has 1 atom stereocenters. The molecule has 0 bridgehead atoms. The molecule has 1 aromatic rings. The molecule has 0 spiro atoms. The normalized spacial score (nSPS) is 27.0. The lowest BCUT2D eigenvalue weighted by atomic mass is 9.81. The van der Waals surface area contributed by atoms with Crippen molar-refractivity contribution in [2.75, 3.05) is 25.1 Å². The van der Waals surface area contributed by atoms with Gasteiger partial charge in [-0.2, -0.15) is 5.10 Å². The maximum absolute atomic E-state index is 12.6. The summed E-state index contributed by atoms with van der Waals surface area (Å²) in [6.45, 7) is 1.82. The van der Waals surface area contributed by atoms with Gasteiger partial charge in [0.1, 0.15) is 5.82 Å². The van der Waals surface area contributed by atoms with Crippen molar-refractivity contribution in [3.05, 3.63) is 12.3 Å². The van der Waals surface area contributed by atoms with Gasteiger partial charge in [-0.25, -0.2) is 0 Å². The zero-order chi connectivity index (χ0) is 17.8. The number of hydrogen-bond acceptors (Lipinski definition) is 5. The molecular formula is C18H28N4O3. The second-order valence-electron chi connectivity index (χ2n) is 7.18. The maximum Gasteiger partial charge on any atom is 0.308 e. The maximum atomic E-state index is 12.6. The zero-order valence-electron chi connectivity index (χ0n) is 15.1. The first-order valence-electron chi connectivity index (χ1n) is 9.19. The Morgan fingerprint density at radius 1 is 1.20 bits per heavy atom. The summed E-state index contributed by atoms with van der Waals surface area (Å²) in [6, 6.07) is 2.19. The Balaban J connectivity index is 1.50. The van der Waals surface area contributed by atoms with Crippen LogP contribution in [0.2, 0.25) is 0 Å². The van der Waals surface area contributed by atoms with Crippen LogP contribution in [0, 0.1) is 11.8 Å². The van der Waals surface area contributed by atoms with E-state index in [4.69, 9.17) is 4.74 Å². The number of esters is 1. The third-order valence-electron chi connectivity index (χ3n) is 5.52. The Morgan fingerprint density at radius 3 is 2.56 bits per heavy atom. The van der Waals surface area contributed by atoms with Crippen LogP contribution < -0.4 is 10.2 Å². The van der Waals surface area contributed by atoms with Crippen molar-refractivity contribution >= 4 is 17.7 Å². The van der Waals surface area contributed by atoms with Crippen LogP contribution in [-0.2, 0) is 21.4 Å². The fraction of sp³-hybridized carbons (Fsp3) is 0.722. The molecule has 1 aliphatic heterocycles. The van der Waals surface area contributed by atoms with Gasteiger partial charge in [-0.1, -0.05) is 0 Å². The third-order valence-corrected chi connectivity index (χ3v) is 5.52. The molecule has 25 heavy (non-hydrogen) atoms. The van der Waals surface area contributed by atoms with Gasteiger partial charge in [-0.15, -0.1) is 0 Å². The highest BCUT2D eigenvalue weighted by molar-refractivity contribution is 5.80. The molecule has 2 fully saturated rings. The van der Waals surface area contributed by atoms with Crippen molar-refractivity contribution in [3.63, 3.8) is 0 Å². The SMILES string of the molecule is COC(=O)C1CCC(C(=O)NC2CCCN(c3ccnn3C)C2)CC1. The van der Waals surface area contributed by atoms with Crippen molar-refractivity contribution in [1.29, 1.82) is 0 Å². The Bertz CT molecular complexity index is 607. The lowest BCUT2D eigenvalue weighted by Gasteiger charge is -2.35. The topological polar surface area (TPSA) is 76.5 Å². The van der Waals surface area contributed by atoms with E-state index in [1.165, 1.54) is 7.11 Å². The standard InChI is InChI=1S/C18H28N4O3/c1-21-16(9-10-19-21)22-11-3-4-15(12-22)20-17(23)13-5-7-14(8-6-13)18(24)25-2/h9-10,13-15H,3-8,11-12H2,1-2H3,(H,20,23). The fourth-order valence-electron chi connectivity index (χ4n) is 4.06. The van der Waals surface area contributed by atoms with Crippen LogP contribution in [0.25, 0.3) is 0 Å². The summed E-state index contributed by atoms with van der Waals surface area (Å²) in [6.07, 6.45) is 6.90. The molecule has 1 amide bonds. The van der Waals surface area contributed by atoms with E-state index >= 15 is 0 Å². The van der Waals surface area contributed by atoms with E-state index < -0.39 is 0 Å². The van der Waals surface area contributed by atoms with Gasteiger partial charge >= 0.3 is 5.97 Å². The molecule has 2 heterocycles. The molecule has 138 valence electrons. The van der Waals surface area contributed by atoms with E-state index in [1.54, 1.807) is 6.20 Å². The van der Waals surface area contributed by atoms with Gasteiger partial charge in [0.25, 0.3) is 0 Å². The van der Waals surface area contributed by atoms with Gasteiger partial charge in [0, 0.05) is 38.2 Å². The van der Waals surface area contributed by atoms with Crippen LogP contribution in [0.4, 0.5) is 5.82 Å². The van der Waals surface area contributed by atoms with Crippen molar-refractivity contribution in [2.24, 2.45) is 18.9 Å². The molecule has 1 aliphatic carbocycles. The van der Waals surface area contributed by atoms with Gasteiger partial charge in [-0.3, -0.25) is 14.3 Å². The molecule has 1 unspecified atom stereocenters. The van der Waals surface area contributed by atoms with Crippen molar-refractivity contribution < 1.29 is 14.3 Å². The minimum Gasteiger partial charge on any atom is -0.469 e. The predicted octanol–water partition coefficient (Wildman–Crippen LogP) is 1.48. The van der Waals surface area contributed by atoms with E-state index in [2.05, 4.69) is 15.3 Å². The van der Waals surface area contributed by atoms with Gasteiger partial charge in [0.05, 0.1) is 19.2 Å². The number of hydrogen-bond donors (Lipinski definition) is 1. The summed E-state index contributed by atoms with van der Waals surface area (Å²) in [5.41, 5.74) is 0. The van der Waals surface area contributed by atoms with E-state index in [9.17, 15) is 9.59 Å². The molecule has 1 aromatic heterocycles. The highest BCUT2D eigenvalue weighted by Crippen LogP contribution is 2.30. The molecule has 7 nitrogen and oxygen atoms in total. The van der Waals surface area contributed by atoms with Crippen LogP contribution in [0.3, 0.4) is 0 Å². The van der Waals surface area contributed by atoms with E-state index in [-0.39, 0.29) is 29.8 Å². The summed E-state index contributed by atoms with van der Waals surface area (Å²) in [5.74, 6) is 1.08. The number of aromatic nitrogens is 2. The quantitative estimate of drug-likeness (QED) is 0.834. The molecule has 3 rings (SSSR count). The lowest BCUT2D eigenvalue weighted by Crippen LogP contribution is -2.50. The van der Waals surface area contributed by atoms with Crippen LogP contribution in [0.5, 0.6) is 0 Å². The van der Waals surface area contributed by atoms with Gasteiger partial charge in [-0.05, 0) is 38.5 Å². The average Bonchev–Trinajstić information content (AvgIpc) is 3.07. The number of methoxy groups -OCH3 is 1. The number of anilines is 1. The van der Waals surface area contributed by atoms with Gasteiger partial charge in [0.15, 0.2) is 0 Å². The molecule has 1 saturated heterocycles. The number of nitrogens with zero attached hydrogens (tertiary/aromatic N) is 3. The number of rotatable bonds is 4. The highest BCUT2D eigenvalue weighted by Gasteiger charge is 2.32. The Kier molecular flexibility index (Phi) is 5.60. The number of piperidine rings is 1. The van der Waals surface area contributed by atoms with Crippen molar-refractivity contribution in [1.82, 2.24) is 15.1 Å². The summed E-state index contributed by atoms with van der Waals surface area (Å²) < 4.78 is 6.68. The van der Waals surface area contributed by atoms with Gasteiger partial charge < -0.3 is 15.0 Å². The number of carbonyl (C=O) groups is 2. The van der Waals surface area contributed by atoms with Gasteiger partial charge in [0.2, 0.25) is 5.91 Å². The van der Waals surface area contributed by atoms with Crippen LogP contribution >= 0.6 is 0 Å². The van der Waals surface area contributed by atoms with Crippen LogP contribution in [-0.4, -0.2) is 47.9 Å². The third kappa shape index (κ3) is 4.14. The average molecular weight is 348 g/mol. The van der Waals surface area contributed by atoms with E-state index in [0.29, 0.717) is 0 Å².